The first-order valence-corrected chi connectivity index (χ1v) is 9.14. The number of rotatable bonds is 6. The van der Waals surface area contributed by atoms with Crippen LogP contribution in [0.3, 0.4) is 0 Å². The number of hydrazone groups is 1. The van der Waals surface area contributed by atoms with Crippen LogP contribution in [-0.2, 0) is 9.59 Å². The maximum absolute atomic E-state index is 11.9. The molecule has 0 radical (unpaired) electrons. The summed E-state index contributed by atoms with van der Waals surface area (Å²) in [4.78, 5) is 26.0. The molecule has 0 saturated heterocycles. The zero-order valence-electron chi connectivity index (χ0n) is 15.0. The van der Waals surface area contributed by atoms with Gasteiger partial charge in [-0.25, -0.2) is 5.43 Å². The van der Waals surface area contributed by atoms with Gasteiger partial charge in [0.1, 0.15) is 0 Å². The molecule has 0 fully saturated rings. The van der Waals surface area contributed by atoms with Crippen molar-refractivity contribution in [1.29, 1.82) is 0 Å². The number of anilines is 2. The third-order valence-corrected chi connectivity index (χ3v) is 4.35. The highest BCUT2D eigenvalue weighted by atomic mass is 35.5. The smallest absolute Gasteiger partial charge is 0.329 e. The molecule has 0 atom stereocenters. The van der Waals surface area contributed by atoms with Gasteiger partial charge in [0.05, 0.1) is 16.9 Å². The second kappa shape index (κ2) is 9.94. The lowest BCUT2D eigenvalue weighted by atomic mass is 10.2. The lowest BCUT2D eigenvalue weighted by Gasteiger charge is -2.20. The van der Waals surface area contributed by atoms with E-state index in [0.29, 0.717) is 5.02 Å². The summed E-state index contributed by atoms with van der Waals surface area (Å²) in [6, 6.07) is 12.3. The third kappa shape index (κ3) is 5.98. The summed E-state index contributed by atoms with van der Waals surface area (Å²) in [5.41, 5.74) is 4.33. The van der Waals surface area contributed by atoms with Crippen molar-refractivity contribution in [3.05, 3.63) is 58.1 Å². The van der Waals surface area contributed by atoms with Gasteiger partial charge in [0, 0.05) is 23.8 Å². The minimum Gasteiger partial charge on any atom is -0.372 e. The largest absolute Gasteiger partial charge is 0.372 e. The van der Waals surface area contributed by atoms with E-state index >= 15 is 0 Å². The molecule has 142 valence electrons. The fourth-order valence-corrected chi connectivity index (χ4v) is 2.69. The Morgan fingerprint density at radius 2 is 1.70 bits per heavy atom. The first-order chi connectivity index (χ1) is 12.9. The first kappa shape index (κ1) is 20.7. The number of halogens is 2. The molecule has 8 heteroatoms. The summed E-state index contributed by atoms with van der Waals surface area (Å²) < 4.78 is 0. The quantitative estimate of drug-likeness (QED) is 0.433. The Kier molecular flexibility index (Phi) is 7.64. The van der Waals surface area contributed by atoms with Crippen LogP contribution >= 0.6 is 23.2 Å². The summed E-state index contributed by atoms with van der Waals surface area (Å²) >= 11 is 11.8. The Labute approximate surface area is 168 Å². The molecule has 2 aromatic rings. The normalized spacial score (nSPS) is 10.7. The van der Waals surface area contributed by atoms with Crippen LogP contribution in [0.5, 0.6) is 0 Å². The van der Waals surface area contributed by atoms with Crippen LogP contribution < -0.4 is 15.6 Å². The molecule has 2 aromatic carbocycles. The molecule has 0 heterocycles. The number of benzene rings is 2. The molecular weight excluding hydrogens is 387 g/mol. The Balaban J connectivity index is 1.92. The van der Waals surface area contributed by atoms with E-state index in [1.165, 1.54) is 18.3 Å². The molecule has 2 rings (SSSR count). The summed E-state index contributed by atoms with van der Waals surface area (Å²) in [7, 11) is 0. The van der Waals surface area contributed by atoms with Crippen molar-refractivity contribution in [3.63, 3.8) is 0 Å². The molecule has 2 N–H and O–H groups in total. The van der Waals surface area contributed by atoms with E-state index in [0.717, 1.165) is 24.3 Å². The zero-order valence-corrected chi connectivity index (χ0v) is 16.5. The molecule has 6 nitrogen and oxygen atoms in total. The summed E-state index contributed by atoms with van der Waals surface area (Å²) in [5, 5.41) is 6.85. The average molecular weight is 407 g/mol. The predicted molar refractivity (Wildman–Crippen MR) is 111 cm³/mol. The van der Waals surface area contributed by atoms with E-state index in [2.05, 4.69) is 34.6 Å². The minimum atomic E-state index is -0.915. The van der Waals surface area contributed by atoms with Gasteiger partial charge in [0.15, 0.2) is 0 Å². The highest BCUT2D eigenvalue weighted by Crippen LogP contribution is 2.25. The Hall–Kier alpha value is -2.57. The van der Waals surface area contributed by atoms with E-state index < -0.39 is 11.8 Å². The predicted octanol–water partition coefficient (Wildman–Crippen LogP) is 3.93. The van der Waals surface area contributed by atoms with Crippen LogP contribution in [0.4, 0.5) is 11.4 Å². The molecule has 0 aromatic heterocycles. The summed E-state index contributed by atoms with van der Waals surface area (Å²) in [5.74, 6) is -1.81. The number of carbonyl (C=O) groups is 2. The van der Waals surface area contributed by atoms with E-state index in [4.69, 9.17) is 23.2 Å². The molecule has 2 amide bonds. The second-order valence-corrected chi connectivity index (χ2v) is 6.38. The van der Waals surface area contributed by atoms with Crippen LogP contribution in [0.25, 0.3) is 0 Å². The highest BCUT2D eigenvalue weighted by Gasteiger charge is 2.14. The van der Waals surface area contributed by atoms with Gasteiger partial charge in [-0.2, -0.15) is 5.10 Å². The topological polar surface area (TPSA) is 73.8 Å². The number of nitrogens with zero attached hydrogens (tertiary/aromatic N) is 2. The van der Waals surface area contributed by atoms with Gasteiger partial charge in [-0.15, -0.1) is 0 Å². The Morgan fingerprint density at radius 3 is 2.33 bits per heavy atom. The standard InChI is InChI=1S/C19H20Cl2N4O2/c1-3-25(4-2)15-8-5-13(6-9-15)12-22-24-19(27)18(26)23-17-11-14(20)7-10-16(17)21/h5-12H,3-4H2,1-2H3,(H,23,26)(H,24,27)/b22-12-. The molecular formula is C19H20Cl2N4O2. The van der Waals surface area contributed by atoms with Crippen LogP contribution in [-0.4, -0.2) is 31.1 Å². The van der Waals surface area contributed by atoms with E-state index in [1.54, 1.807) is 6.07 Å². The van der Waals surface area contributed by atoms with Crippen LogP contribution in [0, 0.1) is 0 Å². The number of hydrogen-bond acceptors (Lipinski definition) is 4. The molecule has 27 heavy (non-hydrogen) atoms. The van der Waals surface area contributed by atoms with Crippen molar-refractivity contribution in [3.8, 4) is 0 Å². The maximum Gasteiger partial charge on any atom is 0.329 e. The fourth-order valence-electron chi connectivity index (χ4n) is 2.35. The van der Waals surface area contributed by atoms with Crippen molar-refractivity contribution >= 4 is 52.6 Å². The van der Waals surface area contributed by atoms with Crippen molar-refractivity contribution in [1.82, 2.24) is 5.43 Å². The molecule has 0 aliphatic rings. The van der Waals surface area contributed by atoms with Crippen molar-refractivity contribution in [2.24, 2.45) is 5.10 Å². The lowest BCUT2D eigenvalue weighted by molar-refractivity contribution is -0.136. The van der Waals surface area contributed by atoms with Crippen molar-refractivity contribution in [2.45, 2.75) is 13.8 Å². The van der Waals surface area contributed by atoms with Crippen molar-refractivity contribution < 1.29 is 9.59 Å². The lowest BCUT2D eigenvalue weighted by Crippen LogP contribution is -2.32. The number of amides is 2. The fraction of sp³-hybridized carbons (Fsp3) is 0.211. The second-order valence-electron chi connectivity index (χ2n) is 5.54. The number of carbonyl (C=O) groups excluding carboxylic acids is 2. The zero-order chi connectivity index (χ0) is 19.8. The van der Waals surface area contributed by atoms with Crippen LogP contribution in [0.1, 0.15) is 19.4 Å². The van der Waals surface area contributed by atoms with Crippen LogP contribution in [0.15, 0.2) is 47.6 Å². The minimum absolute atomic E-state index is 0.250. The average Bonchev–Trinajstić information content (AvgIpc) is 2.66. The molecule has 0 saturated carbocycles. The van der Waals surface area contributed by atoms with Gasteiger partial charge in [-0.3, -0.25) is 9.59 Å². The van der Waals surface area contributed by atoms with Crippen LogP contribution in [0.2, 0.25) is 10.0 Å². The van der Waals surface area contributed by atoms with Gasteiger partial charge in [-0.1, -0.05) is 35.3 Å². The van der Waals surface area contributed by atoms with Gasteiger partial charge in [0.2, 0.25) is 0 Å². The highest BCUT2D eigenvalue weighted by molar-refractivity contribution is 6.42. The monoisotopic (exact) mass is 406 g/mol. The van der Waals surface area contributed by atoms with E-state index in [1.807, 2.05) is 24.3 Å². The molecule has 0 spiro atoms. The van der Waals surface area contributed by atoms with Gasteiger partial charge < -0.3 is 10.2 Å². The Bertz CT molecular complexity index is 834. The molecule has 0 aliphatic heterocycles. The van der Waals surface area contributed by atoms with E-state index in [9.17, 15) is 9.59 Å². The first-order valence-electron chi connectivity index (χ1n) is 8.39. The third-order valence-electron chi connectivity index (χ3n) is 3.78. The van der Waals surface area contributed by atoms with Crippen molar-refractivity contribution in [2.75, 3.05) is 23.3 Å². The SMILES string of the molecule is CCN(CC)c1ccc(/C=N\NC(=O)C(=O)Nc2cc(Cl)ccc2Cl)cc1. The van der Waals surface area contributed by atoms with Gasteiger partial charge >= 0.3 is 11.8 Å². The number of nitrogens with one attached hydrogen (secondary N) is 2. The molecule has 0 aliphatic carbocycles. The molecule has 0 bridgehead atoms. The number of hydrogen-bond donors (Lipinski definition) is 2. The summed E-state index contributed by atoms with van der Waals surface area (Å²) in [6.07, 6.45) is 1.46. The van der Waals surface area contributed by atoms with Gasteiger partial charge in [0.25, 0.3) is 0 Å². The Morgan fingerprint density at radius 1 is 1.04 bits per heavy atom. The molecule has 0 unspecified atom stereocenters. The maximum atomic E-state index is 11.9. The summed E-state index contributed by atoms with van der Waals surface area (Å²) in [6.45, 7) is 6.03. The van der Waals surface area contributed by atoms with E-state index in [-0.39, 0.29) is 10.7 Å². The van der Waals surface area contributed by atoms with Gasteiger partial charge in [-0.05, 0) is 49.7 Å².